The Bertz CT molecular complexity index is 269. The summed E-state index contributed by atoms with van der Waals surface area (Å²) in [5.74, 6) is 0. The number of nitrogens with zero attached hydrogens (tertiary/aromatic N) is 1. The molecule has 1 unspecified atom stereocenters. The smallest absolute Gasteiger partial charge is 0.0784 e. The minimum Gasteiger partial charge on any atom is -1.00 e. The lowest BCUT2D eigenvalue weighted by Crippen LogP contribution is -3.00. The average molecular weight is 496 g/mol. The van der Waals surface area contributed by atoms with Crippen molar-refractivity contribution in [1.29, 1.82) is 0 Å². The van der Waals surface area contributed by atoms with Crippen molar-refractivity contribution in [2.45, 2.75) is 136 Å². The lowest BCUT2D eigenvalue weighted by Gasteiger charge is -2.35. The number of quaternary nitrogens is 1. The van der Waals surface area contributed by atoms with Crippen LogP contribution in [0.25, 0.3) is 0 Å². The van der Waals surface area contributed by atoms with Crippen LogP contribution in [-0.4, -0.2) is 31.2 Å². The van der Waals surface area contributed by atoms with Gasteiger partial charge in [0, 0.05) is 0 Å². The molecule has 0 aliphatic heterocycles. The average Bonchev–Trinajstić information content (AvgIpc) is 2.64. The highest BCUT2D eigenvalue weighted by molar-refractivity contribution is 4.50. The Hall–Kier alpha value is 0.690. The van der Waals surface area contributed by atoms with Crippen LogP contribution in [0, 0.1) is 0 Å². The molecular formula is C25H54IN. The number of halogens is 1. The Morgan fingerprint density at radius 2 is 0.630 bits per heavy atom. The Balaban J connectivity index is 0. The molecule has 0 aromatic heterocycles. The summed E-state index contributed by atoms with van der Waals surface area (Å²) in [6.07, 6.45) is 25.9. The molecule has 1 nitrogen and oxygen atoms in total. The highest BCUT2D eigenvalue weighted by Crippen LogP contribution is 2.15. The number of unbranched alkanes of at least 4 members (excludes halogenated alkanes) is 15. The maximum Gasteiger partial charge on any atom is 0.0784 e. The van der Waals surface area contributed by atoms with Gasteiger partial charge >= 0.3 is 0 Å². The van der Waals surface area contributed by atoms with E-state index in [1.807, 2.05) is 0 Å². The summed E-state index contributed by atoms with van der Waals surface area (Å²) < 4.78 is 1.35. The highest BCUT2D eigenvalue weighted by atomic mass is 127. The Kier molecular flexibility index (Phi) is 25.4. The van der Waals surface area contributed by atoms with Crippen molar-refractivity contribution in [1.82, 2.24) is 0 Å². The van der Waals surface area contributed by atoms with Crippen LogP contribution in [0.15, 0.2) is 0 Å². The largest absolute Gasteiger partial charge is 1.00 e. The van der Waals surface area contributed by atoms with E-state index in [2.05, 4.69) is 27.8 Å². The Morgan fingerprint density at radius 1 is 0.370 bits per heavy atom. The van der Waals surface area contributed by atoms with Gasteiger partial charge < -0.3 is 28.5 Å². The first kappa shape index (κ1) is 29.9. The molecule has 1 atom stereocenters. The summed E-state index contributed by atoms with van der Waals surface area (Å²) in [4.78, 5) is 0. The molecule has 0 rings (SSSR count). The second-order valence-corrected chi connectivity index (χ2v) is 9.09. The van der Waals surface area contributed by atoms with E-state index >= 15 is 0 Å². The standard InChI is InChI=1S/C25H54N.HI/c1-5-8-11-13-15-16-17-18-20-22-25-26(4,23-10-7-3)24-21-19-14-12-9-6-2;/h5-25H2,1-4H3;1H/q+1;/p-1. The van der Waals surface area contributed by atoms with E-state index in [9.17, 15) is 0 Å². The maximum absolute atomic E-state index is 2.54. The van der Waals surface area contributed by atoms with Gasteiger partial charge in [0.15, 0.2) is 0 Å². The topological polar surface area (TPSA) is 0 Å². The van der Waals surface area contributed by atoms with Crippen LogP contribution < -0.4 is 24.0 Å². The molecule has 0 aliphatic rings. The van der Waals surface area contributed by atoms with Crippen molar-refractivity contribution in [3.8, 4) is 0 Å². The summed E-state index contributed by atoms with van der Waals surface area (Å²) in [5, 5.41) is 0. The molecule has 27 heavy (non-hydrogen) atoms. The molecule has 0 fully saturated rings. The molecule has 0 N–H and O–H groups in total. The van der Waals surface area contributed by atoms with E-state index in [1.165, 1.54) is 140 Å². The van der Waals surface area contributed by atoms with Crippen LogP contribution in [-0.2, 0) is 0 Å². The van der Waals surface area contributed by atoms with Crippen molar-refractivity contribution in [2.75, 3.05) is 26.7 Å². The van der Waals surface area contributed by atoms with Crippen molar-refractivity contribution in [3.05, 3.63) is 0 Å². The van der Waals surface area contributed by atoms with Crippen LogP contribution in [0.3, 0.4) is 0 Å². The molecule has 0 aromatic rings. The normalized spacial score (nSPS) is 13.3. The maximum atomic E-state index is 2.54. The molecular weight excluding hydrogens is 441 g/mol. The third-order valence-electron chi connectivity index (χ3n) is 6.15. The second kappa shape index (κ2) is 23.0. The van der Waals surface area contributed by atoms with Crippen LogP contribution in [0.5, 0.6) is 0 Å². The molecule has 0 spiro atoms. The zero-order chi connectivity index (χ0) is 19.3. The van der Waals surface area contributed by atoms with E-state index < -0.39 is 0 Å². The molecule has 2 heteroatoms. The van der Waals surface area contributed by atoms with Gasteiger partial charge in [0.05, 0.1) is 26.7 Å². The fourth-order valence-electron chi connectivity index (χ4n) is 4.13. The van der Waals surface area contributed by atoms with Crippen molar-refractivity contribution in [3.63, 3.8) is 0 Å². The summed E-state index contributed by atoms with van der Waals surface area (Å²) in [7, 11) is 2.54. The molecule has 0 saturated heterocycles. The quantitative estimate of drug-likeness (QED) is 0.112. The zero-order valence-electron chi connectivity index (χ0n) is 19.7. The number of hydrogen-bond donors (Lipinski definition) is 0. The predicted octanol–water partition coefficient (Wildman–Crippen LogP) is 5.52. The SMILES string of the molecule is CCCCCCCCCCCC[N+](C)(CCCC)CCCCCCCC.[I-]. The van der Waals surface area contributed by atoms with Gasteiger partial charge in [-0.15, -0.1) is 0 Å². The highest BCUT2D eigenvalue weighted by Gasteiger charge is 2.19. The number of rotatable bonds is 21. The molecule has 0 aromatic carbocycles. The first-order valence-corrected chi connectivity index (χ1v) is 12.5. The van der Waals surface area contributed by atoms with Gasteiger partial charge in [0.25, 0.3) is 0 Å². The Labute approximate surface area is 191 Å². The second-order valence-electron chi connectivity index (χ2n) is 9.09. The third kappa shape index (κ3) is 21.2. The van der Waals surface area contributed by atoms with Crippen molar-refractivity contribution < 1.29 is 28.5 Å². The first-order valence-electron chi connectivity index (χ1n) is 12.5. The number of hydrogen-bond acceptors (Lipinski definition) is 0. The van der Waals surface area contributed by atoms with E-state index in [0.717, 1.165) is 0 Å². The molecule has 166 valence electrons. The van der Waals surface area contributed by atoms with Gasteiger partial charge in [-0.1, -0.05) is 104 Å². The van der Waals surface area contributed by atoms with Crippen molar-refractivity contribution in [2.24, 2.45) is 0 Å². The van der Waals surface area contributed by atoms with E-state index in [1.54, 1.807) is 0 Å². The van der Waals surface area contributed by atoms with Crippen LogP contribution >= 0.6 is 0 Å². The monoisotopic (exact) mass is 495 g/mol. The summed E-state index contributed by atoms with van der Waals surface area (Å²) >= 11 is 0. The molecule has 0 bridgehead atoms. The minimum atomic E-state index is 0. The molecule has 0 saturated carbocycles. The van der Waals surface area contributed by atoms with E-state index in [0.29, 0.717) is 0 Å². The summed E-state index contributed by atoms with van der Waals surface area (Å²) in [5.41, 5.74) is 0. The third-order valence-corrected chi connectivity index (χ3v) is 6.15. The van der Waals surface area contributed by atoms with Crippen LogP contribution in [0.2, 0.25) is 0 Å². The lowest BCUT2D eigenvalue weighted by molar-refractivity contribution is -0.910. The predicted molar refractivity (Wildman–Crippen MR) is 121 cm³/mol. The Morgan fingerprint density at radius 3 is 0.963 bits per heavy atom. The first-order chi connectivity index (χ1) is 12.7. The van der Waals surface area contributed by atoms with Gasteiger partial charge in [-0.05, 0) is 32.1 Å². The molecule has 0 radical (unpaired) electrons. The fraction of sp³-hybridized carbons (Fsp3) is 1.00. The van der Waals surface area contributed by atoms with Gasteiger partial charge in [0.2, 0.25) is 0 Å². The van der Waals surface area contributed by atoms with Crippen molar-refractivity contribution >= 4 is 0 Å². The summed E-state index contributed by atoms with van der Waals surface area (Å²) in [6.45, 7) is 11.2. The fourth-order valence-corrected chi connectivity index (χ4v) is 4.13. The van der Waals surface area contributed by atoms with Gasteiger partial charge in [0.1, 0.15) is 0 Å². The van der Waals surface area contributed by atoms with Gasteiger partial charge in [-0.25, -0.2) is 0 Å². The molecule has 0 heterocycles. The van der Waals surface area contributed by atoms with E-state index in [4.69, 9.17) is 0 Å². The summed E-state index contributed by atoms with van der Waals surface area (Å²) in [6, 6.07) is 0. The van der Waals surface area contributed by atoms with Crippen LogP contribution in [0.1, 0.15) is 136 Å². The molecule has 0 aliphatic carbocycles. The zero-order valence-corrected chi connectivity index (χ0v) is 21.8. The van der Waals surface area contributed by atoms with E-state index in [-0.39, 0.29) is 24.0 Å². The molecule has 0 amide bonds. The minimum absolute atomic E-state index is 0. The van der Waals surface area contributed by atoms with Gasteiger partial charge in [-0.3, -0.25) is 0 Å². The lowest BCUT2D eigenvalue weighted by atomic mass is 10.1. The van der Waals surface area contributed by atoms with Crippen LogP contribution in [0.4, 0.5) is 0 Å². The van der Waals surface area contributed by atoms with Gasteiger partial charge in [-0.2, -0.15) is 0 Å².